The number of aliphatic hydroxyl groups is 2. The molecule has 1 rings (SSSR count). The monoisotopic (exact) mass is 239 g/mol. The van der Waals surface area contributed by atoms with Crippen molar-refractivity contribution in [3.63, 3.8) is 0 Å². The lowest BCUT2D eigenvalue weighted by atomic mass is 10.1. The van der Waals surface area contributed by atoms with E-state index in [1.54, 1.807) is 0 Å². The molecule has 0 spiro atoms. The van der Waals surface area contributed by atoms with Crippen LogP contribution in [0.15, 0.2) is 30.3 Å². The van der Waals surface area contributed by atoms with Crippen molar-refractivity contribution in [2.75, 3.05) is 6.61 Å². The molecular formula is C12H17NO4. The lowest BCUT2D eigenvalue weighted by Gasteiger charge is -2.17. The maximum Gasteiger partial charge on any atom is 0.313 e. The summed E-state index contributed by atoms with van der Waals surface area (Å²) >= 11 is 0. The van der Waals surface area contributed by atoms with Gasteiger partial charge in [0.15, 0.2) is 0 Å². The summed E-state index contributed by atoms with van der Waals surface area (Å²) in [5.41, 5.74) is 6.09. The van der Waals surface area contributed by atoms with Gasteiger partial charge in [0, 0.05) is 6.61 Å². The number of aliphatic hydroxyl groups excluding tert-OH is 2. The number of carbonyl (C=O) groups excluding carboxylic acids is 1. The van der Waals surface area contributed by atoms with E-state index >= 15 is 0 Å². The number of rotatable bonds is 6. The molecule has 0 radical (unpaired) electrons. The summed E-state index contributed by atoms with van der Waals surface area (Å²) in [6.45, 7) is -0.0896. The first-order chi connectivity index (χ1) is 8.15. The molecule has 1 aromatic carbocycles. The maximum atomic E-state index is 11.6. The van der Waals surface area contributed by atoms with Crippen LogP contribution in [0, 0.1) is 5.92 Å². The molecule has 0 aliphatic rings. The molecule has 17 heavy (non-hydrogen) atoms. The largest absolute Gasteiger partial charge is 0.460 e. The smallest absolute Gasteiger partial charge is 0.313 e. The van der Waals surface area contributed by atoms with E-state index in [1.807, 2.05) is 30.3 Å². The van der Waals surface area contributed by atoms with Gasteiger partial charge in [-0.05, 0) is 12.0 Å². The predicted molar refractivity (Wildman–Crippen MR) is 61.6 cm³/mol. The highest BCUT2D eigenvalue weighted by molar-refractivity contribution is 5.73. The molecule has 0 heterocycles. The molecule has 0 saturated carbocycles. The summed E-state index contributed by atoms with van der Waals surface area (Å²) < 4.78 is 5.01. The van der Waals surface area contributed by atoms with Crippen molar-refractivity contribution in [1.29, 1.82) is 0 Å². The van der Waals surface area contributed by atoms with Crippen LogP contribution in [0.2, 0.25) is 0 Å². The summed E-state index contributed by atoms with van der Waals surface area (Å²) in [4.78, 5) is 11.6. The van der Waals surface area contributed by atoms with Crippen LogP contribution in [0.5, 0.6) is 0 Å². The van der Waals surface area contributed by atoms with E-state index in [0.29, 0.717) is 0 Å². The highest BCUT2D eigenvalue weighted by Gasteiger charge is 2.25. The van der Waals surface area contributed by atoms with Crippen LogP contribution in [0.4, 0.5) is 0 Å². The lowest BCUT2D eigenvalue weighted by Crippen LogP contribution is -2.36. The molecule has 1 aromatic rings. The van der Waals surface area contributed by atoms with Crippen LogP contribution in [0.25, 0.3) is 0 Å². The molecule has 0 bridgehead atoms. The Bertz CT molecular complexity index is 340. The Morgan fingerprint density at radius 1 is 1.35 bits per heavy atom. The number of esters is 1. The SMILES string of the molecule is N[C@@H](O)[C@H](CCO)C(=O)OCc1ccccc1. The third-order valence-corrected chi connectivity index (χ3v) is 2.38. The second kappa shape index (κ2) is 7.01. The average molecular weight is 239 g/mol. The number of benzene rings is 1. The van der Waals surface area contributed by atoms with Crippen molar-refractivity contribution in [3.05, 3.63) is 35.9 Å². The van der Waals surface area contributed by atoms with Crippen molar-refractivity contribution in [1.82, 2.24) is 0 Å². The van der Waals surface area contributed by atoms with Crippen LogP contribution < -0.4 is 5.73 Å². The van der Waals surface area contributed by atoms with Crippen LogP contribution in [0.1, 0.15) is 12.0 Å². The molecule has 0 saturated heterocycles. The summed E-state index contributed by atoms with van der Waals surface area (Å²) in [5.74, 6) is -1.48. The van der Waals surface area contributed by atoms with E-state index in [1.165, 1.54) is 0 Å². The summed E-state index contributed by atoms with van der Waals surface area (Å²) in [5, 5.41) is 17.9. The number of nitrogens with two attached hydrogens (primary N) is 1. The highest BCUT2D eigenvalue weighted by atomic mass is 16.5. The van der Waals surface area contributed by atoms with Crippen LogP contribution in [-0.2, 0) is 16.1 Å². The van der Waals surface area contributed by atoms with Gasteiger partial charge in [0.05, 0.1) is 5.92 Å². The Kier molecular flexibility index (Phi) is 5.62. The van der Waals surface area contributed by atoms with Gasteiger partial charge in [0.25, 0.3) is 0 Å². The van der Waals surface area contributed by atoms with Gasteiger partial charge in [-0.25, -0.2) is 0 Å². The molecule has 0 unspecified atom stereocenters. The van der Waals surface area contributed by atoms with Gasteiger partial charge >= 0.3 is 5.97 Å². The Hall–Kier alpha value is -1.43. The molecule has 0 amide bonds. The molecule has 0 aliphatic carbocycles. The zero-order valence-corrected chi connectivity index (χ0v) is 9.45. The molecule has 94 valence electrons. The minimum atomic E-state index is -1.31. The van der Waals surface area contributed by atoms with E-state index < -0.39 is 18.1 Å². The van der Waals surface area contributed by atoms with Crippen molar-refractivity contribution in [2.45, 2.75) is 19.3 Å². The number of hydrogen-bond donors (Lipinski definition) is 3. The van der Waals surface area contributed by atoms with Crippen molar-refractivity contribution < 1.29 is 19.7 Å². The van der Waals surface area contributed by atoms with Crippen molar-refractivity contribution in [3.8, 4) is 0 Å². The number of carbonyl (C=O) groups is 1. The zero-order chi connectivity index (χ0) is 12.7. The summed E-state index contributed by atoms with van der Waals surface area (Å²) in [6, 6.07) is 9.20. The number of hydrogen-bond acceptors (Lipinski definition) is 5. The minimum absolute atomic E-state index is 0.0886. The third-order valence-electron chi connectivity index (χ3n) is 2.38. The van der Waals surface area contributed by atoms with Crippen LogP contribution in [0.3, 0.4) is 0 Å². The Morgan fingerprint density at radius 3 is 2.53 bits per heavy atom. The topological polar surface area (TPSA) is 92.8 Å². The van der Waals surface area contributed by atoms with Gasteiger partial charge in [0.1, 0.15) is 12.8 Å². The van der Waals surface area contributed by atoms with Crippen LogP contribution in [-0.4, -0.2) is 29.0 Å². The molecule has 0 aliphatic heterocycles. The van der Waals surface area contributed by atoms with E-state index in [0.717, 1.165) is 5.56 Å². The molecule has 2 atom stereocenters. The quantitative estimate of drug-likeness (QED) is 0.480. The van der Waals surface area contributed by atoms with E-state index in [-0.39, 0.29) is 19.6 Å². The van der Waals surface area contributed by atoms with Gasteiger partial charge in [-0.1, -0.05) is 30.3 Å². The van der Waals surface area contributed by atoms with E-state index in [9.17, 15) is 9.90 Å². The highest BCUT2D eigenvalue weighted by Crippen LogP contribution is 2.10. The normalized spacial score (nSPS) is 14.1. The fourth-order valence-corrected chi connectivity index (χ4v) is 1.40. The minimum Gasteiger partial charge on any atom is -0.460 e. The summed E-state index contributed by atoms with van der Waals surface area (Å²) in [7, 11) is 0. The summed E-state index contributed by atoms with van der Waals surface area (Å²) in [6.07, 6.45) is -1.23. The predicted octanol–water partition coefficient (Wildman–Crippen LogP) is 0.00550. The van der Waals surface area contributed by atoms with Gasteiger partial charge in [-0.15, -0.1) is 0 Å². The first-order valence-corrected chi connectivity index (χ1v) is 5.40. The van der Waals surface area contributed by atoms with Crippen molar-refractivity contribution >= 4 is 5.97 Å². The van der Waals surface area contributed by atoms with Crippen molar-refractivity contribution in [2.24, 2.45) is 11.7 Å². The van der Waals surface area contributed by atoms with Gasteiger partial charge in [-0.3, -0.25) is 4.79 Å². The molecule has 5 nitrogen and oxygen atoms in total. The molecule has 4 N–H and O–H groups in total. The van der Waals surface area contributed by atoms with Gasteiger partial charge in [0.2, 0.25) is 0 Å². The third kappa shape index (κ3) is 4.52. The lowest BCUT2D eigenvalue weighted by molar-refractivity contribution is -0.154. The number of ether oxygens (including phenoxy) is 1. The van der Waals surface area contributed by atoms with E-state index in [4.69, 9.17) is 15.6 Å². The Labute approximate surface area is 99.8 Å². The molecular weight excluding hydrogens is 222 g/mol. The Morgan fingerprint density at radius 2 is 2.00 bits per heavy atom. The molecule has 5 heteroatoms. The Balaban J connectivity index is 2.47. The maximum absolute atomic E-state index is 11.6. The second-order valence-electron chi connectivity index (χ2n) is 3.70. The molecule has 0 aromatic heterocycles. The van der Waals surface area contributed by atoms with E-state index in [2.05, 4.69) is 0 Å². The first kappa shape index (κ1) is 13.6. The van der Waals surface area contributed by atoms with Gasteiger partial charge in [-0.2, -0.15) is 0 Å². The fourth-order valence-electron chi connectivity index (χ4n) is 1.40. The van der Waals surface area contributed by atoms with Crippen LogP contribution >= 0.6 is 0 Å². The zero-order valence-electron chi connectivity index (χ0n) is 9.45. The second-order valence-corrected chi connectivity index (χ2v) is 3.70. The average Bonchev–Trinajstić information content (AvgIpc) is 2.34. The standard InChI is InChI=1S/C12H17NO4/c13-11(15)10(6-7-14)12(16)17-8-9-4-2-1-3-5-9/h1-5,10-11,14-15H,6-8,13H2/t10-,11-/m0/s1. The molecule has 0 fully saturated rings. The first-order valence-electron chi connectivity index (χ1n) is 5.40. The fraction of sp³-hybridized carbons (Fsp3) is 0.417. The van der Waals surface area contributed by atoms with Gasteiger partial charge < -0.3 is 20.7 Å².